The first-order chi connectivity index (χ1) is 9.78. The van der Waals surface area contributed by atoms with E-state index in [4.69, 9.17) is 4.74 Å². The zero-order chi connectivity index (χ0) is 14.2. The van der Waals surface area contributed by atoms with Crippen LogP contribution in [0.2, 0.25) is 0 Å². The number of rotatable bonds is 7. The van der Waals surface area contributed by atoms with Crippen molar-refractivity contribution in [2.45, 2.75) is 26.5 Å². The lowest BCUT2D eigenvalue weighted by Gasteiger charge is -2.08. The molecule has 2 nitrogen and oxygen atoms in total. The summed E-state index contributed by atoms with van der Waals surface area (Å²) >= 11 is 0. The third-order valence-electron chi connectivity index (χ3n) is 3.00. The quantitative estimate of drug-likeness (QED) is 0.772. The number of nitrogens with one attached hydrogen (secondary N) is 1. The standard InChI is InChI=1S/C17H20FNO/c1-2-11-19-12-14-3-5-15(6-4-14)13-20-17-9-7-16(18)8-10-17/h3-10,19H,2,11-13H2,1H3. The second kappa shape index (κ2) is 7.65. The molecule has 0 bridgehead atoms. The maximum Gasteiger partial charge on any atom is 0.123 e. The summed E-state index contributed by atoms with van der Waals surface area (Å²) in [6.07, 6.45) is 1.14. The van der Waals surface area contributed by atoms with Crippen molar-refractivity contribution in [2.24, 2.45) is 0 Å². The van der Waals surface area contributed by atoms with Crippen LogP contribution in [0.4, 0.5) is 4.39 Å². The Bertz CT molecular complexity index is 508. The molecule has 2 aromatic rings. The topological polar surface area (TPSA) is 21.3 Å². The van der Waals surface area contributed by atoms with Gasteiger partial charge in [-0.15, -0.1) is 0 Å². The van der Waals surface area contributed by atoms with Gasteiger partial charge in [0, 0.05) is 6.54 Å². The van der Waals surface area contributed by atoms with Crippen molar-refractivity contribution in [1.82, 2.24) is 5.32 Å². The normalized spacial score (nSPS) is 10.5. The number of benzene rings is 2. The summed E-state index contributed by atoms with van der Waals surface area (Å²) in [5.41, 5.74) is 2.37. The van der Waals surface area contributed by atoms with Crippen molar-refractivity contribution in [2.75, 3.05) is 6.54 Å². The van der Waals surface area contributed by atoms with Crippen LogP contribution in [-0.4, -0.2) is 6.54 Å². The molecule has 20 heavy (non-hydrogen) atoms. The molecule has 0 heterocycles. The maximum absolute atomic E-state index is 12.8. The Labute approximate surface area is 119 Å². The van der Waals surface area contributed by atoms with E-state index in [0.717, 1.165) is 25.1 Å². The van der Waals surface area contributed by atoms with Crippen molar-refractivity contribution < 1.29 is 9.13 Å². The molecule has 3 heteroatoms. The molecule has 0 aliphatic heterocycles. The van der Waals surface area contributed by atoms with Crippen LogP contribution in [0.25, 0.3) is 0 Å². The molecule has 0 spiro atoms. The van der Waals surface area contributed by atoms with E-state index < -0.39 is 0 Å². The van der Waals surface area contributed by atoms with Gasteiger partial charge in [0.2, 0.25) is 0 Å². The van der Waals surface area contributed by atoms with Crippen LogP contribution in [-0.2, 0) is 13.2 Å². The van der Waals surface area contributed by atoms with Gasteiger partial charge in [-0.1, -0.05) is 31.2 Å². The van der Waals surface area contributed by atoms with Gasteiger partial charge in [-0.3, -0.25) is 0 Å². The molecule has 0 saturated heterocycles. The summed E-state index contributed by atoms with van der Waals surface area (Å²) in [6, 6.07) is 14.4. The van der Waals surface area contributed by atoms with Gasteiger partial charge in [-0.2, -0.15) is 0 Å². The zero-order valence-corrected chi connectivity index (χ0v) is 11.7. The van der Waals surface area contributed by atoms with Gasteiger partial charge in [-0.05, 0) is 48.4 Å². The Balaban J connectivity index is 1.82. The lowest BCUT2D eigenvalue weighted by Crippen LogP contribution is -2.13. The summed E-state index contributed by atoms with van der Waals surface area (Å²) in [7, 11) is 0. The molecule has 0 unspecified atom stereocenters. The molecule has 0 aliphatic rings. The second-order valence-electron chi connectivity index (χ2n) is 4.74. The van der Waals surface area contributed by atoms with Crippen LogP contribution in [0.3, 0.4) is 0 Å². The summed E-state index contributed by atoms with van der Waals surface area (Å²) in [5.74, 6) is 0.432. The Morgan fingerprint density at radius 3 is 2.25 bits per heavy atom. The van der Waals surface area contributed by atoms with Crippen molar-refractivity contribution in [3.05, 3.63) is 65.5 Å². The number of hydrogen-bond acceptors (Lipinski definition) is 2. The van der Waals surface area contributed by atoms with Crippen molar-refractivity contribution in [1.29, 1.82) is 0 Å². The van der Waals surface area contributed by atoms with Crippen molar-refractivity contribution >= 4 is 0 Å². The molecule has 0 atom stereocenters. The molecule has 2 rings (SSSR count). The van der Waals surface area contributed by atoms with Gasteiger partial charge in [0.05, 0.1) is 0 Å². The first-order valence-electron chi connectivity index (χ1n) is 6.95. The molecule has 1 N–H and O–H groups in total. The summed E-state index contributed by atoms with van der Waals surface area (Å²) in [4.78, 5) is 0. The number of ether oxygens (including phenoxy) is 1. The van der Waals surface area contributed by atoms with Crippen molar-refractivity contribution in [3.8, 4) is 5.75 Å². The van der Waals surface area contributed by atoms with Crippen LogP contribution in [0, 0.1) is 5.82 Å². The van der Waals surface area contributed by atoms with E-state index in [0.29, 0.717) is 12.4 Å². The molecule has 0 radical (unpaired) electrons. The Hall–Kier alpha value is -1.87. The second-order valence-corrected chi connectivity index (χ2v) is 4.74. The molecule has 0 fully saturated rings. The van der Waals surface area contributed by atoms with Crippen LogP contribution in [0.1, 0.15) is 24.5 Å². The third kappa shape index (κ3) is 4.67. The van der Waals surface area contributed by atoms with Crippen LogP contribution < -0.4 is 10.1 Å². The third-order valence-corrected chi connectivity index (χ3v) is 3.00. The summed E-state index contributed by atoms with van der Waals surface area (Å²) in [5, 5.41) is 3.37. The highest BCUT2D eigenvalue weighted by atomic mass is 19.1. The van der Waals surface area contributed by atoms with Gasteiger partial charge in [0.15, 0.2) is 0 Å². The number of hydrogen-bond donors (Lipinski definition) is 1. The lowest BCUT2D eigenvalue weighted by molar-refractivity contribution is 0.305. The fourth-order valence-corrected chi connectivity index (χ4v) is 1.86. The largest absolute Gasteiger partial charge is 0.489 e. The van der Waals surface area contributed by atoms with Gasteiger partial charge < -0.3 is 10.1 Å². The highest BCUT2D eigenvalue weighted by Crippen LogP contribution is 2.14. The SMILES string of the molecule is CCCNCc1ccc(COc2ccc(F)cc2)cc1. The fourth-order valence-electron chi connectivity index (χ4n) is 1.86. The lowest BCUT2D eigenvalue weighted by atomic mass is 10.1. The Kier molecular flexibility index (Phi) is 5.56. The monoisotopic (exact) mass is 273 g/mol. The van der Waals surface area contributed by atoms with E-state index in [-0.39, 0.29) is 5.82 Å². The average molecular weight is 273 g/mol. The van der Waals surface area contributed by atoms with Crippen LogP contribution in [0.15, 0.2) is 48.5 Å². The molecule has 0 amide bonds. The van der Waals surface area contributed by atoms with Gasteiger partial charge >= 0.3 is 0 Å². The Morgan fingerprint density at radius 2 is 1.60 bits per heavy atom. The first kappa shape index (κ1) is 14.5. The molecule has 106 valence electrons. The Morgan fingerprint density at radius 1 is 0.950 bits per heavy atom. The molecule has 0 aromatic heterocycles. The van der Waals surface area contributed by atoms with E-state index in [1.807, 2.05) is 0 Å². The van der Waals surface area contributed by atoms with Gasteiger partial charge in [0.25, 0.3) is 0 Å². The minimum atomic E-state index is -0.249. The summed E-state index contributed by atoms with van der Waals surface area (Å²) < 4.78 is 18.4. The van der Waals surface area contributed by atoms with Gasteiger partial charge in [0.1, 0.15) is 18.2 Å². The maximum atomic E-state index is 12.8. The first-order valence-corrected chi connectivity index (χ1v) is 6.95. The predicted molar refractivity (Wildman–Crippen MR) is 79.2 cm³/mol. The van der Waals surface area contributed by atoms with E-state index >= 15 is 0 Å². The molecule has 2 aromatic carbocycles. The van der Waals surface area contributed by atoms with Crippen molar-refractivity contribution in [3.63, 3.8) is 0 Å². The average Bonchev–Trinajstić information content (AvgIpc) is 2.48. The molecule has 0 aliphatic carbocycles. The minimum Gasteiger partial charge on any atom is -0.489 e. The highest BCUT2D eigenvalue weighted by molar-refractivity contribution is 5.25. The van der Waals surface area contributed by atoms with E-state index in [2.05, 4.69) is 36.5 Å². The van der Waals surface area contributed by atoms with E-state index in [9.17, 15) is 4.39 Å². The number of halogens is 1. The van der Waals surface area contributed by atoms with E-state index in [1.54, 1.807) is 12.1 Å². The minimum absolute atomic E-state index is 0.249. The van der Waals surface area contributed by atoms with Crippen LogP contribution in [0.5, 0.6) is 5.75 Å². The highest BCUT2D eigenvalue weighted by Gasteiger charge is 1.98. The predicted octanol–water partition coefficient (Wildman–Crippen LogP) is 3.90. The van der Waals surface area contributed by atoms with E-state index in [1.165, 1.54) is 17.7 Å². The van der Waals surface area contributed by atoms with Gasteiger partial charge in [-0.25, -0.2) is 4.39 Å². The summed E-state index contributed by atoms with van der Waals surface area (Å²) in [6.45, 7) is 4.58. The van der Waals surface area contributed by atoms with Crippen LogP contribution >= 0.6 is 0 Å². The zero-order valence-electron chi connectivity index (χ0n) is 11.7. The molecular weight excluding hydrogens is 253 g/mol. The molecular formula is C17H20FNO. The fraction of sp³-hybridized carbons (Fsp3) is 0.294. The smallest absolute Gasteiger partial charge is 0.123 e. The molecule has 0 saturated carbocycles.